The van der Waals surface area contributed by atoms with Crippen molar-refractivity contribution >= 4 is 29.9 Å². The zero-order valence-electron chi connectivity index (χ0n) is 11.3. The van der Waals surface area contributed by atoms with Crippen LogP contribution in [0.1, 0.15) is 19.4 Å². The topological polar surface area (TPSA) is 64.3 Å². The van der Waals surface area contributed by atoms with Crippen molar-refractivity contribution in [2.75, 3.05) is 13.2 Å². The van der Waals surface area contributed by atoms with Crippen molar-refractivity contribution in [1.82, 2.24) is 5.32 Å². The second kappa shape index (κ2) is 7.58. The van der Waals surface area contributed by atoms with E-state index in [1.54, 1.807) is 18.2 Å². The van der Waals surface area contributed by atoms with E-state index in [2.05, 4.69) is 5.32 Å². The van der Waals surface area contributed by atoms with E-state index in [0.717, 1.165) is 5.56 Å². The van der Waals surface area contributed by atoms with Gasteiger partial charge in [-0.2, -0.15) is 0 Å². The van der Waals surface area contributed by atoms with E-state index in [9.17, 15) is 4.79 Å². The molecule has 3 N–H and O–H groups in total. The highest BCUT2D eigenvalue weighted by molar-refractivity contribution is 6.30. The van der Waals surface area contributed by atoms with Crippen LogP contribution in [0.5, 0.6) is 5.75 Å². The molecule has 0 aliphatic carbocycles. The quantitative estimate of drug-likeness (QED) is 0.877. The number of hydrogen-bond acceptors (Lipinski definition) is 3. The van der Waals surface area contributed by atoms with E-state index >= 15 is 0 Å². The molecule has 0 atom stereocenters. The molecule has 0 fully saturated rings. The van der Waals surface area contributed by atoms with Crippen molar-refractivity contribution in [1.29, 1.82) is 0 Å². The van der Waals surface area contributed by atoms with Crippen LogP contribution < -0.4 is 15.8 Å². The van der Waals surface area contributed by atoms with Gasteiger partial charge in [-0.25, -0.2) is 0 Å². The third-order valence-electron chi connectivity index (χ3n) is 2.48. The van der Waals surface area contributed by atoms with Gasteiger partial charge in [-0.15, -0.1) is 12.4 Å². The van der Waals surface area contributed by atoms with Crippen molar-refractivity contribution in [2.45, 2.75) is 26.3 Å². The van der Waals surface area contributed by atoms with Crippen molar-refractivity contribution in [2.24, 2.45) is 5.73 Å². The van der Waals surface area contributed by atoms with Crippen molar-refractivity contribution in [3.63, 3.8) is 0 Å². The molecule has 0 saturated heterocycles. The van der Waals surface area contributed by atoms with Crippen LogP contribution in [0.2, 0.25) is 5.02 Å². The van der Waals surface area contributed by atoms with Crippen LogP contribution in [0, 0.1) is 6.92 Å². The maximum absolute atomic E-state index is 11.7. The molecule has 19 heavy (non-hydrogen) atoms. The first-order chi connectivity index (χ1) is 8.34. The standard InChI is InChI=1S/C13H19ClN2O2.ClH/c1-9-6-10(14)4-5-11(9)18-7-12(17)16-13(2,3)8-15;/h4-6H,7-8,15H2,1-3H3,(H,16,17);1H. The Labute approximate surface area is 125 Å². The number of carbonyl (C=O) groups excluding carboxylic acids is 1. The molecule has 0 spiro atoms. The van der Waals surface area contributed by atoms with Crippen LogP contribution in [-0.2, 0) is 4.79 Å². The summed E-state index contributed by atoms with van der Waals surface area (Å²) < 4.78 is 5.43. The minimum absolute atomic E-state index is 0. The van der Waals surface area contributed by atoms with Gasteiger partial charge in [-0.05, 0) is 44.5 Å². The molecule has 0 unspecified atom stereocenters. The first kappa shape index (κ1) is 18.0. The zero-order chi connectivity index (χ0) is 13.8. The van der Waals surface area contributed by atoms with Crippen molar-refractivity contribution < 1.29 is 9.53 Å². The van der Waals surface area contributed by atoms with Crippen molar-refractivity contribution in [3.8, 4) is 5.75 Å². The Morgan fingerprint density at radius 3 is 2.63 bits per heavy atom. The number of nitrogens with one attached hydrogen (secondary N) is 1. The van der Waals surface area contributed by atoms with E-state index in [-0.39, 0.29) is 24.9 Å². The molecular formula is C13H20Cl2N2O2. The Hall–Kier alpha value is -0.970. The number of aryl methyl sites for hydroxylation is 1. The lowest BCUT2D eigenvalue weighted by atomic mass is 10.1. The highest BCUT2D eigenvalue weighted by atomic mass is 35.5. The van der Waals surface area contributed by atoms with E-state index in [4.69, 9.17) is 22.1 Å². The molecule has 1 rings (SSSR count). The fourth-order valence-corrected chi connectivity index (χ4v) is 1.61. The van der Waals surface area contributed by atoms with Gasteiger partial charge in [-0.1, -0.05) is 11.6 Å². The van der Waals surface area contributed by atoms with Gasteiger partial charge in [0.25, 0.3) is 5.91 Å². The van der Waals surface area contributed by atoms with Crippen molar-refractivity contribution in [3.05, 3.63) is 28.8 Å². The summed E-state index contributed by atoms with van der Waals surface area (Å²) >= 11 is 5.84. The Kier molecular flexibility index (Phi) is 7.19. The molecule has 1 aromatic rings. The Balaban J connectivity index is 0.00000324. The third-order valence-corrected chi connectivity index (χ3v) is 2.72. The Morgan fingerprint density at radius 1 is 1.47 bits per heavy atom. The fourth-order valence-electron chi connectivity index (χ4n) is 1.38. The normalized spacial score (nSPS) is 10.6. The summed E-state index contributed by atoms with van der Waals surface area (Å²) in [7, 11) is 0. The number of benzene rings is 1. The summed E-state index contributed by atoms with van der Waals surface area (Å²) in [6, 6.07) is 5.27. The largest absolute Gasteiger partial charge is 0.484 e. The molecule has 6 heteroatoms. The lowest BCUT2D eigenvalue weighted by Gasteiger charge is -2.24. The zero-order valence-corrected chi connectivity index (χ0v) is 12.9. The highest BCUT2D eigenvalue weighted by Crippen LogP contribution is 2.21. The van der Waals surface area contributed by atoms with Crippen LogP contribution in [0.15, 0.2) is 18.2 Å². The van der Waals surface area contributed by atoms with E-state index in [1.165, 1.54) is 0 Å². The van der Waals surface area contributed by atoms with Gasteiger partial charge in [0.1, 0.15) is 5.75 Å². The lowest BCUT2D eigenvalue weighted by Crippen LogP contribution is -2.50. The van der Waals surface area contributed by atoms with E-state index in [0.29, 0.717) is 17.3 Å². The molecule has 1 aromatic carbocycles. The second-order valence-corrected chi connectivity index (χ2v) is 5.27. The van der Waals surface area contributed by atoms with Crippen LogP contribution in [0.25, 0.3) is 0 Å². The van der Waals surface area contributed by atoms with Crippen LogP contribution in [-0.4, -0.2) is 24.6 Å². The van der Waals surface area contributed by atoms with Crippen LogP contribution in [0.3, 0.4) is 0 Å². The van der Waals surface area contributed by atoms with E-state index in [1.807, 2.05) is 20.8 Å². The summed E-state index contributed by atoms with van der Waals surface area (Å²) in [6.45, 7) is 5.93. The van der Waals surface area contributed by atoms with Gasteiger partial charge in [-0.3, -0.25) is 4.79 Å². The average molecular weight is 307 g/mol. The van der Waals surface area contributed by atoms with Gasteiger partial charge >= 0.3 is 0 Å². The second-order valence-electron chi connectivity index (χ2n) is 4.83. The predicted octanol–water partition coefficient (Wildman–Crippen LogP) is 2.30. The SMILES string of the molecule is Cc1cc(Cl)ccc1OCC(=O)NC(C)(C)CN.Cl. The van der Waals surface area contributed by atoms with Crippen LogP contribution >= 0.6 is 24.0 Å². The molecule has 0 saturated carbocycles. The molecular weight excluding hydrogens is 287 g/mol. The van der Waals surface area contributed by atoms with Gasteiger partial charge in [0, 0.05) is 17.1 Å². The molecule has 0 aromatic heterocycles. The molecule has 0 aliphatic rings. The minimum Gasteiger partial charge on any atom is -0.484 e. The first-order valence-electron chi connectivity index (χ1n) is 5.74. The maximum Gasteiger partial charge on any atom is 0.258 e. The summed E-state index contributed by atoms with van der Waals surface area (Å²) in [4.78, 5) is 11.7. The number of ether oxygens (including phenoxy) is 1. The van der Waals surface area contributed by atoms with Gasteiger partial charge in [0.2, 0.25) is 0 Å². The Morgan fingerprint density at radius 2 is 2.11 bits per heavy atom. The van der Waals surface area contributed by atoms with Gasteiger partial charge in [0.15, 0.2) is 6.61 Å². The Bertz CT molecular complexity index is 437. The summed E-state index contributed by atoms with van der Waals surface area (Å²) in [6.07, 6.45) is 0. The summed E-state index contributed by atoms with van der Waals surface area (Å²) in [5.41, 5.74) is 6.01. The number of carbonyl (C=O) groups is 1. The summed E-state index contributed by atoms with van der Waals surface area (Å²) in [5.74, 6) is 0.458. The fraction of sp³-hybridized carbons (Fsp3) is 0.462. The smallest absolute Gasteiger partial charge is 0.258 e. The summed E-state index contributed by atoms with van der Waals surface area (Å²) in [5, 5.41) is 3.44. The monoisotopic (exact) mass is 306 g/mol. The average Bonchev–Trinajstić information content (AvgIpc) is 2.27. The molecule has 0 heterocycles. The number of rotatable bonds is 5. The number of amides is 1. The van der Waals surface area contributed by atoms with Crippen LogP contribution in [0.4, 0.5) is 0 Å². The number of nitrogens with two attached hydrogens (primary N) is 1. The lowest BCUT2D eigenvalue weighted by molar-refractivity contribution is -0.124. The molecule has 0 bridgehead atoms. The maximum atomic E-state index is 11.7. The molecule has 4 nitrogen and oxygen atoms in total. The highest BCUT2D eigenvalue weighted by Gasteiger charge is 2.18. The van der Waals surface area contributed by atoms with Gasteiger partial charge in [0.05, 0.1) is 0 Å². The molecule has 0 radical (unpaired) electrons. The molecule has 108 valence electrons. The number of halogens is 2. The van der Waals surface area contributed by atoms with Gasteiger partial charge < -0.3 is 15.8 Å². The molecule has 1 amide bonds. The molecule has 0 aliphatic heterocycles. The third kappa shape index (κ3) is 6.14. The first-order valence-corrected chi connectivity index (χ1v) is 6.12. The van der Waals surface area contributed by atoms with E-state index < -0.39 is 5.54 Å². The minimum atomic E-state index is -0.421. The number of hydrogen-bond donors (Lipinski definition) is 2. The predicted molar refractivity (Wildman–Crippen MR) is 80.2 cm³/mol.